The molecule has 0 aliphatic carbocycles. The van der Waals surface area contributed by atoms with Gasteiger partial charge in [-0.25, -0.2) is 8.78 Å². The number of carbonyl (C=O) groups excluding carboxylic acids is 1. The van der Waals surface area contributed by atoms with Crippen LogP contribution in [0.4, 0.5) is 8.78 Å². The zero-order chi connectivity index (χ0) is 11.3. The van der Waals surface area contributed by atoms with Gasteiger partial charge in [0.15, 0.2) is 6.61 Å². The lowest BCUT2D eigenvalue weighted by molar-refractivity contribution is -0.158. The lowest BCUT2D eigenvalue weighted by atomic mass is 10.0. The summed E-state index contributed by atoms with van der Waals surface area (Å²) in [5.74, 6) is -3.66. The minimum atomic E-state index is -2.98. The summed E-state index contributed by atoms with van der Waals surface area (Å²) in [7, 11) is 0. The molecule has 5 heteroatoms. The summed E-state index contributed by atoms with van der Waals surface area (Å²) in [6.07, 6.45) is 1.76. The zero-order valence-corrected chi connectivity index (χ0v) is 8.80. The van der Waals surface area contributed by atoms with Crippen LogP contribution < -0.4 is 0 Å². The van der Waals surface area contributed by atoms with E-state index in [9.17, 15) is 13.6 Å². The van der Waals surface area contributed by atoms with E-state index in [1.807, 2.05) is 0 Å². The van der Waals surface area contributed by atoms with Gasteiger partial charge in [-0.15, -0.1) is 0 Å². The summed E-state index contributed by atoms with van der Waals surface area (Å²) in [6, 6.07) is 0. The summed E-state index contributed by atoms with van der Waals surface area (Å²) in [6.45, 7) is 0.823. The third-order valence-corrected chi connectivity index (χ3v) is 2.29. The molecule has 0 radical (unpaired) electrons. The molecule has 0 bridgehead atoms. The van der Waals surface area contributed by atoms with Crippen molar-refractivity contribution in [3.05, 3.63) is 0 Å². The second kappa shape index (κ2) is 5.39. The first-order valence-electron chi connectivity index (χ1n) is 5.12. The largest absolute Gasteiger partial charge is 0.459 e. The van der Waals surface area contributed by atoms with Crippen molar-refractivity contribution in [3.8, 4) is 0 Å². The number of rotatable bonds is 4. The SMILES string of the molecule is CC(=O)OCC(F)(F)C[C@H]1CCCCO1. The monoisotopic (exact) mass is 222 g/mol. The molecular formula is C10H16F2O3. The lowest BCUT2D eigenvalue weighted by Crippen LogP contribution is -2.33. The van der Waals surface area contributed by atoms with Crippen LogP contribution >= 0.6 is 0 Å². The first kappa shape index (κ1) is 12.4. The second-order valence-electron chi connectivity index (χ2n) is 3.83. The van der Waals surface area contributed by atoms with E-state index in [0.29, 0.717) is 13.0 Å². The highest BCUT2D eigenvalue weighted by molar-refractivity contribution is 5.65. The molecule has 15 heavy (non-hydrogen) atoms. The van der Waals surface area contributed by atoms with Gasteiger partial charge in [-0.2, -0.15) is 0 Å². The molecule has 3 nitrogen and oxygen atoms in total. The highest BCUT2D eigenvalue weighted by atomic mass is 19.3. The van der Waals surface area contributed by atoms with E-state index in [0.717, 1.165) is 19.8 Å². The summed E-state index contributed by atoms with van der Waals surface area (Å²) in [5, 5.41) is 0. The quantitative estimate of drug-likeness (QED) is 0.684. The molecule has 1 saturated heterocycles. The maximum atomic E-state index is 13.2. The van der Waals surface area contributed by atoms with Gasteiger partial charge < -0.3 is 9.47 Å². The topological polar surface area (TPSA) is 35.5 Å². The summed E-state index contributed by atoms with van der Waals surface area (Å²) < 4.78 is 35.9. The summed E-state index contributed by atoms with van der Waals surface area (Å²) >= 11 is 0. The molecule has 0 amide bonds. The van der Waals surface area contributed by atoms with Crippen LogP contribution in [0.15, 0.2) is 0 Å². The van der Waals surface area contributed by atoms with Crippen LogP contribution in [0.1, 0.15) is 32.6 Å². The molecule has 1 aliphatic rings. The number of esters is 1. The van der Waals surface area contributed by atoms with Gasteiger partial charge >= 0.3 is 5.97 Å². The summed E-state index contributed by atoms with van der Waals surface area (Å²) in [5.41, 5.74) is 0. The normalized spacial score (nSPS) is 22.5. The van der Waals surface area contributed by atoms with Crippen LogP contribution in [-0.2, 0) is 14.3 Å². The average molecular weight is 222 g/mol. The molecule has 0 spiro atoms. The van der Waals surface area contributed by atoms with Crippen LogP contribution in [0.5, 0.6) is 0 Å². The van der Waals surface area contributed by atoms with Crippen molar-refractivity contribution in [1.82, 2.24) is 0 Å². The number of ether oxygens (including phenoxy) is 2. The minimum Gasteiger partial charge on any atom is -0.459 e. The van der Waals surface area contributed by atoms with Gasteiger partial charge in [-0.3, -0.25) is 4.79 Å². The Morgan fingerprint density at radius 2 is 2.27 bits per heavy atom. The molecule has 1 aliphatic heterocycles. The van der Waals surface area contributed by atoms with Gasteiger partial charge in [0.05, 0.1) is 6.10 Å². The van der Waals surface area contributed by atoms with E-state index in [4.69, 9.17) is 4.74 Å². The van der Waals surface area contributed by atoms with Gasteiger partial charge in [0, 0.05) is 20.0 Å². The number of hydrogen-bond acceptors (Lipinski definition) is 3. The maximum Gasteiger partial charge on any atom is 0.302 e. The predicted molar refractivity (Wildman–Crippen MR) is 49.8 cm³/mol. The molecule has 1 atom stereocenters. The molecule has 88 valence electrons. The Kier molecular flexibility index (Phi) is 4.45. The standard InChI is InChI=1S/C10H16F2O3/c1-8(13)15-7-10(11,12)6-9-4-2-3-5-14-9/h9H,2-7H2,1H3/t9-/m1/s1. The van der Waals surface area contributed by atoms with E-state index in [1.165, 1.54) is 0 Å². The van der Waals surface area contributed by atoms with Crippen molar-refractivity contribution < 1.29 is 23.0 Å². The number of hydrogen-bond donors (Lipinski definition) is 0. The number of halogens is 2. The third kappa shape index (κ3) is 5.06. The van der Waals surface area contributed by atoms with Crippen molar-refractivity contribution in [2.75, 3.05) is 13.2 Å². The van der Waals surface area contributed by atoms with Crippen molar-refractivity contribution >= 4 is 5.97 Å². The number of alkyl halides is 2. The average Bonchev–Trinajstić information content (AvgIpc) is 2.16. The Hall–Kier alpha value is -0.710. The lowest BCUT2D eigenvalue weighted by Gasteiger charge is -2.26. The fourth-order valence-corrected chi connectivity index (χ4v) is 1.57. The van der Waals surface area contributed by atoms with Crippen LogP contribution in [-0.4, -0.2) is 31.2 Å². The van der Waals surface area contributed by atoms with Crippen molar-refractivity contribution in [2.45, 2.75) is 44.6 Å². The van der Waals surface area contributed by atoms with Gasteiger partial charge in [-0.05, 0) is 19.3 Å². The van der Waals surface area contributed by atoms with E-state index < -0.39 is 24.6 Å². The molecule has 0 aromatic rings. The molecule has 0 aromatic heterocycles. The van der Waals surface area contributed by atoms with Crippen LogP contribution in [0.2, 0.25) is 0 Å². The minimum absolute atomic E-state index is 0.361. The van der Waals surface area contributed by atoms with Gasteiger partial charge in [-0.1, -0.05) is 0 Å². The van der Waals surface area contributed by atoms with Crippen molar-refractivity contribution in [2.24, 2.45) is 0 Å². The van der Waals surface area contributed by atoms with E-state index >= 15 is 0 Å². The number of carbonyl (C=O) groups is 1. The summed E-state index contributed by atoms with van der Waals surface area (Å²) in [4.78, 5) is 10.4. The smallest absolute Gasteiger partial charge is 0.302 e. The fourth-order valence-electron chi connectivity index (χ4n) is 1.57. The Bertz CT molecular complexity index is 213. The molecule has 1 rings (SSSR count). The zero-order valence-electron chi connectivity index (χ0n) is 8.80. The Morgan fingerprint density at radius 3 is 2.80 bits per heavy atom. The van der Waals surface area contributed by atoms with E-state index in [1.54, 1.807) is 0 Å². The molecule has 1 heterocycles. The van der Waals surface area contributed by atoms with E-state index in [2.05, 4.69) is 4.74 Å². The highest BCUT2D eigenvalue weighted by Crippen LogP contribution is 2.26. The molecule has 0 N–H and O–H groups in total. The van der Waals surface area contributed by atoms with E-state index in [-0.39, 0.29) is 6.42 Å². The van der Waals surface area contributed by atoms with Crippen LogP contribution in [0.3, 0.4) is 0 Å². The predicted octanol–water partition coefficient (Wildman–Crippen LogP) is 2.14. The first-order valence-corrected chi connectivity index (χ1v) is 5.12. The van der Waals surface area contributed by atoms with Crippen molar-refractivity contribution in [3.63, 3.8) is 0 Å². The molecule has 1 fully saturated rings. The Morgan fingerprint density at radius 1 is 1.53 bits per heavy atom. The second-order valence-corrected chi connectivity index (χ2v) is 3.83. The van der Waals surface area contributed by atoms with Crippen LogP contribution in [0, 0.1) is 0 Å². The first-order chi connectivity index (χ1) is 6.99. The molecular weight excluding hydrogens is 206 g/mol. The van der Waals surface area contributed by atoms with Gasteiger partial charge in [0.2, 0.25) is 0 Å². The maximum absolute atomic E-state index is 13.2. The van der Waals surface area contributed by atoms with Gasteiger partial charge in [0.1, 0.15) is 0 Å². The van der Waals surface area contributed by atoms with Crippen LogP contribution in [0.25, 0.3) is 0 Å². The molecule has 0 aromatic carbocycles. The highest BCUT2D eigenvalue weighted by Gasteiger charge is 2.35. The van der Waals surface area contributed by atoms with Gasteiger partial charge in [0.25, 0.3) is 5.92 Å². The van der Waals surface area contributed by atoms with Crippen molar-refractivity contribution in [1.29, 1.82) is 0 Å². The third-order valence-electron chi connectivity index (χ3n) is 2.29. The Labute approximate surface area is 87.7 Å². The molecule has 0 saturated carbocycles. The molecule has 0 unspecified atom stereocenters. The fraction of sp³-hybridized carbons (Fsp3) is 0.900. The Balaban J connectivity index is 2.29.